The summed E-state index contributed by atoms with van der Waals surface area (Å²) in [5.74, 6) is 0.228. The van der Waals surface area contributed by atoms with E-state index in [0.717, 1.165) is 23.3 Å². The molecule has 5 nitrogen and oxygen atoms in total. The van der Waals surface area contributed by atoms with E-state index in [1.807, 2.05) is 73.1 Å². The third-order valence-electron chi connectivity index (χ3n) is 6.68. The van der Waals surface area contributed by atoms with E-state index < -0.39 is 17.8 Å². The molecule has 0 saturated heterocycles. The van der Waals surface area contributed by atoms with Crippen LogP contribution >= 0.6 is 11.6 Å². The molecule has 4 aromatic rings. The number of halogens is 4. The zero-order valence-electron chi connectivity index (χ0n) is 22.4. The van der Waals surface area contributed by atoms with Crippen molar-refractivity contribution in [3.63, 3.8) is 0 Å². The van der Waals surface area contributed by atoms with Crippen LogP contribution in [0, 0.1) is 5.92 Å². The van der Waals surface area contributed by atoms with Gasteiger partial charge in [-0.2, -0.15) is 13.2 Å². The Bertz CT molecular complexity index is 1420. The van der Waals surface area contributed by atoms with Crippen LogP contribution in [0.2, 0.25) is 5.02 Å². The average molecular weight is 569 g/mol. The third kappa shape index (κ3) is 6.92. The summed E-state index contributed by atoms with van der Waals surface area (Å²) in [6.07, 6.45) is -2.01. The number of hydrogen-bond donors (Lipinski definition) is 1. The number of nitrogens with zero attached hydrogens (tertiary/aromatic N) is 3. The van der Waals surface area contributed by atoms with Crippen molar-refractivity contribution in [2.75, 3.05) is 13.1 Å². The molecule has 0 aliphatic rings. The first kappa shape index (κ1) is 29.4. The summed E-state index contributed by atoms with van der Waals surface area (Å²) in [7, 11) is 0. The molecule has 1 unspecified atom stereocenters. The van der Waals surface area contributed by atoms with Gasteiger partial charge in [-0.25, -0.2) is 4.98 Å². The molecule has 0 aliphatic carbocycles. The van der Waals surface area contributed by atoms with Crippen LogP contribution in [0.5, 0.6) is 0 Å². The van der Waals surface area contributed by atoms with Crippen LogP contribution in [0.3, 0.4) is 0 Å². The lowest BCUT2D eigenvalue weighted by atomic mass is 9.99. The SMILES string of the molecule is CC(C)C(c1nc(-c2cccc(Cl)c2)cn1Cc1ccccc1)N(CCCN)C(=O)c1ccc(C(F)(F)F)cc1. The molecule has 4 rings (SSSR count). The van der Waals surface area contributed by atoms with Gasteiger partial charge in [0.15, 0.2) is 0 Å². The molecule has 0 aliphatic heterocycles. The molecule has 1 heterocycles. The summed E-state index contributed by atoms with van der Waals surface area (Å²) in [6.45, 7) is 5.20. The van der Waals surface area contributed by atoms with Gasteiger partial charge in [-0.15, -0.1) is 0 Å². The maximum Gasteiger partial charge on any atom is 0.416 e. The fourth-order valence-electron chi connectivity index (χ4n) is 4.75. The highest BCUT2D eigenvalue weighted by Crippen LogP contribution is 2.34. The Kier molecular flexibility index (Phi) is 9.32. The number of imidazole rings is 1. The van der Waals surface area contributed by atoms with Crippen molar-refractivity contribution in [2.45, 2.75) is 39.0 Å². The molecule has 1 aromatic heterocycles. The number of carbonyl (C=O) groups excluding carboxylic acids is 1. The lowest BCUT2D eigenvalue weighted by Gasteiger charge is -2.34. The molecule has 0 fully saturated rings. The summed E-state index contributed by atoms with van der Waals surface area (Å²) >= 11 is 6.27. The number of nitrogens with two attached hydrogens (primary N) is 1. The number of hydrogen-bond acceptors (Lipinski definition) is 3. The van der Waals surface area contributed by atoms with Gasteiger partial charge < -0.3 is 15.2 Å². The lowest BCUT2D eigenvalue weighted by Crippen LogP contribution is -2.40. The van der Waals surface area contributed by atoms with Crippen molar-refractivity contribution in [3.05, 3.63) is 113 Å². The largest absolute Gasteiger partial charge is 0.416 e. The van der Waals surface area contributed by atoms with Crippen LogP contribution in [-0.4, -0.2) is 33.4 Å². The molecule has 1 atom stereocenters. The van der Waals surface area contributed by atoms with E-state index in [9.17, 15) is 18.0 Å². The highest BCUT2D eigenvalue weighted by atomic mass is 35.5. The maximum atomic E-state index is 13.9. The van der Waals surface area contributed by atoms with Crippen LogP contribution in [0.4, 0.5) is 13.2 Å². The van der Waals surface area contributed by atoms with Crippen molar-refractivity contribution < 1.29 is 18.0 Å². The van der Waals surface area contributed by atoms with E-state index in [2.05, 4.69) is 0 Å². The van der Waals surface area contributed by atoms with Gasteiger partial charge in [0.1, 0.15) is 5.82 Å². The Labute approximate surface area is 237 Å². The predicted octanol–water partition coefficient (Wildman–Crippen LogP) is 7.46. The quantitative estimate of drug-likeness (QED) is 0.216. The minimum absolute atomic E-state index is 0.0692. The van der Waals surface area contributed by atoms with Crippen LogP contribution in [-0.2, 0) is 12.7 Å². The third-order valence-corrected chi connectivity index (χ3v) is 6.91. The second-order valence-electron chi connectivity index (χ2n) is 10.0. The van der Waals surface area contributed by atoms with E-state index in [0.29, 0.717) is 42.6 Å². The van der Waals surface area contributed by atoms with E-state index in [1.54, 1.807) is 11.0 Å². The van der Waals surface area contributed by atoms with Crippen LogP contribution in [0.25, 0.3) is 11.3 Å². The molecule has 1 amide bonds. The fourth-order valence-corrected chi connectivity index (χ4v) is 4.94. The molecular weight excluding hydrogens is 537 g/mol. The van der Waals surface area contributed by atoms with Gasteiger partial charge in [-0.3, -0.25) is 4.79 Å². The van der Waals surface area contributed by atoms with Gasteiger partial charge in [0, 0.05) is 35.4 Å². The zero-order chi connectivity index (χ0) is 28.9. The molecular formula is C31H32ClF3N4O. The molecule has 210 valence electrons. The highest BCUT2D eigenvalue weighted by Gasteiger charge is 2.34. The van der Waals surface area contributed by atoms with Crippen molar-refractivity contribution in [2.24, 2.45) is 11.7 Å². The minimum Gasteiger partial charge on any atom is -0.330 e. The van der Waals surface area contributed by atoms with E-state index in [-0.39, 0.29) is 17.4 Å². The number of benzene rings is 3. The molecule has 0 bridgehead atoms. The topological polar surface area (TPSA) is 64.2 Å². The standard InChI is InChI=1S/C31H32ClF3N4O/c1-21(2)28(39(17-7-16-36)30(40)23-12-14-25(15-13-23)31(33,34)35)29-37-27(24-10-6-11-26(32)18-24)20-38(29)19-22-8-4-3-5-9-22/h3-6,8-15,18,20-21,28H,7,16-17,19,36H2,1-2H3. The fraction of sp³-hybridized carbons (Fsp3) is 0.290. The van der Waals surface area contributed by atoms with Gasteiger partial charge >= 0.3 is 6.18 Å². The van der Waals surface area contributed by atoms with Crippen molar-refractivity contribution >= 4 is 17.5 Å². The van der Waals surface area contributed by atoms with E-state index >= 15 is 0 Å². The number of aromatic nitrogens is 2. The number of amides is 1. The average Bonchev–Trinajstić information content (AvgIpc) is 3.33. The second-order valence-corrected chi connectivity index (χ2v) is 10.4. The summed E-state index contributed by atoms with van der Waals surface area (Å²) in [5, 5.41) is 0.583. The van der Waals surface area contributed by atoms with Crippen LogP contribution in [0.1, 0.15) is 53.6 Å². The normalized spacial score (nSPS) is 12.5. The Balaban J connectivity index is 1.80. The smallest absolute Gasteiger partial charge is 0.330 e. The zero-order valence-corrected chi connectivity index (χ0v) is 23.2. The second kappa shape index (κ2) is 12.7. The first-order valence-corrected chi connectivity index (χ1v) is 13.5. The van der Waals surface area contributed by atoms with Gasteiger partial charge in [0.2, 0.25) is 0 Å². The molecule has 40 heavy (non-hydrogen) atoms. The van der Waals surface area contributed by atoms with Crippen molar-refractivity contribution in [3.8, 4) is 11.3 Å². The Morgan fingerprint density at radius 3 is 2.33 bits per heavy atom. The number of carbonyl (C=O) groups is 1. The van der Waals surface area contributed by atoms with Gasteiger partial charge in [-0.1, -0.05) is 67.9 Å². The molecule has 0 saturated carbocycles. The summed E-state index contributed by atoms with van der Waals surface area (Å²) < 4.78 is 41.5. The van der Waals surface area contributed by atoms with E-state index in [4.69, 9.17) is 22.3 Å². The van der Waals surface area contributed by atoms with Crippen molar-refractivity contribution in [1.29, 1.82) is 0 Å². The Hall–Kier alpha value is -3.62. The molecule has 9 heteroatoms. The Morgan fingerprint density at radius 2 is 1.73 bits per heavy atom. The van der Waals surface area contributed by atoms with Gasteiger partial charge in [0.05, 0.1) is 17.3 Å². The van der Waals surface area contributed by atoms with Gasteiger partial charge in [-0.05, 0) is 60.8 Å². The van der Waals surface area contributed by atoms with Crippen molar-refractivity contribution in [1.82, 2.24) is 14.5 Å². The lowest BCUT2D eigenvalue weighted by molar-refractivity contribution is -0.137. The molecule has 0 spiro atoms. The maximum absolute atomic E-state index is 13.9. The van der Waals surface area contributed by atoms with Gasteiger partial charge in [0.25, 0.3) is 5.91 Å². The predicted molar refractivity (Wildman–Crippen MR) is 152 cm³/mol. The Morgan fingerprint density at radius 1 is 1.02 bits per heavy atom. The first-order chi connectivity index (χ1) is 19.1. The number of alkyl halides is 3. The summed E-state index contributed by atoms with van der Waals surface area (Å²) in [6, 6.07) is 21.2. The highest BCUT2D eigenvalue weighted by molar-refractivity contribution is 6.30. The number of rotatable bonds is 10. The van der Waals surface area contributed by atoms with E-state index in [1.165, 1.54) is 12.1 Å². The molecule has 0 radical (unpaired) electrons. The molecule has 3 aromatic carbocycles. The molecule has 2 N–H and O–H groups in total. The minimum atomic E-state index is -4.49. The summed E-state index contributed by atoms with van der Waals surface area (Å²) in [4.78, 5) is 20.6. The summed E-state index contributed by atoms with van der Waals surface area (Å²) in [5.41, 5.74) is 7.80. The first-order valence-electron chi connectivity index (χ1n) is 13.1. The van der Waals surface area contributed by atoms with Crippen LogP contribution < -0.4 is 5.73 Å². The monoisotopic (exact) mass is 568 g/mol. The van der Waals surface area contributed by atoms with Crippen LogP contribution in [0.15, 0.2) is 85.1 Å².